The molecular weight excluding hydrogens is 574 g/mol. The zero-order valence-electron chi connectivity index (χ0n) is 17.6. The molecule has 1 amide bonds. The van der Waals surface area contributed by atoms with Gasteiger partial charge < -0.3 is 10.1 Å². The number of halogens is 6. The van der Waals surface area contributed by atoms with E-state index in [1.807, 2.05) is 0 Å². The standard InChI is InChI=1S/C22H15BrCl2F3N5O2/c23-17-11-33(10-13-4-5-15(24)9-18(13)25)31-20(17)29-21(34)19-6-7-32(30-19)12-35-16-3-1-2-14(8-16)22(26,27)28/h1-9,11H,10,12H2,(H,29,31,34). The molecule has 2 aromatic carbocycles. The molecule has 182 valence electrons. The van der Waals surface area contributed by atoms with E-state index >= 15 is 0 Å². The van der Waals surface area contributed by atoms with Crippen LogP contribution in [0.1, 0.15) is 21.6 Å². The van der Waals surface area contributed by atoms with Gasteiger partial charge in [0.05, 0.1) is 16.6 Å². The number of ether oxygens (including phenoxy) is 1. The summed E-state index contributed by atoms with van der Waals surface area (Å²) in [6, 6.07) is 11.1. The number of anilines is 1. The molecule has 0 radical (unpaired) electrons. The first-order valence-corrected chi connectivity index (χ1v) is 11.4. The van der Waals surface area contributed by atoms with Crippen LogP contribution in [-0.2, 0) is 19.5 Å². The van der Waals surface area contributed by atoms with Gasteiger partial charge in [0, 0.05) is 22.4 Å². The van der Waals surface area contributed by atoms with Crippen molar-refractivity contribution in [3.63, 3.8) is 0 Å². The van der Waals surface area contributed by atoms with Crippen LogP contribution in [0.3, 0.4) is 0 Å². The minimum atomic E-state index is -4.47. The second kappa shape index (κ2) is 10.3. The number of hydrogen-bond donors (Lipinski definition) is 1. The number of amides is 1. The summed E-state index contributed by atoms with van der Waals surface area (Å²) in [6.45, 7) is 0.167. The lowest BCUT2D eigenvalue weighted by molar-refractivity contribution is -0.137. The van der Waals surface area contributed by atoms with Crippen LogP contribution in [0.4, 0.5) is 19.0 Å². The second-order valence-corrected chi connectivity index (χ2v) is 8.95. The lowest BCUT2D eigenvalue weighted by Crippen LogP contribution is -2.15. The number of carbonyl (C=O) groups is 1. The van der Waals surface area contributed by atoms with Gasteiger partial charge in [0.25, 0.3) is 5.91 Å². The van der Waals surface area contributed by atoms with Crippen LogP contribution in [0, 0.1) is 0 Å². The fraction of sp³-hybridized carbons (Fsp3) is 0.136. The number of nitrogens with zero attached hydrogens (tertiary/aromatic N) is 4. The van der Waals surface area contributed by atoms with Crippen molar-refractivity contribution in [2.75, 3.05) is 5.32 Å². The van der Waals surface area contributed by atoms with E-state index in [0.717, 1.165) is 17.7 Å². The summed E-state index contributed by atoms with van der Waals surface area (Å²) in [4.78, 5) is 12.6. The predicted molar refractivity (Wildman–Crippen MR) is 128 cm³/mol. The first kappa shape index (κ1) is 25.1. The summed E-state index contributed by atoms with van der Waals surface area (Å²) in [5, 5.41) is 12.1. The summed E-state index contributed by atoms with van der Waals surface area (Å²) in [7, 11) is 0. The number of nitrogens with one attached hydrogen (secondary N) is 1. The smallest absolute Gasteiger partial charge is 0.416 e. The Labute approximate surface area is 215 Å². The molecule has 2 aromatic heterocycles. The highest BCUT2D eigenvalue weighted by atomic mass is 79.9. The fourth-order valence-corrected chi connectivity index (χ4v) is 3.90. The topological polar surface area (TPSA) is 74.0 Å². The van der Waals surface area contributed by atoms with E-state index in [1.165, 1.54) is 29.1 Å². The van der Waals surface area contributed by atoms with Crippen LogP contribution < -0.4 is 10.1 Å². The maximum atomic E-state index is 12.8. The molecule has 0 fully saturated rings. The van der Waals surface area contributed by atoms with Crippen molar-refractivity contribution in [1.29, 1.82) is 0 Å². The van der Waals surface area contributed by atoms with Crippen molar-refractivity contribution in [2.45, 2.75) is 19.5 Å². The Hall–Kier alpha value is -3.02. The van der Waals surface area contributed by atoms with Gasteiger partial charge in [-0.2, -0.15) is 23.4 Å². The Balaban J connectivity index is 1.38. The fourth-order valence-electron chi connectivity index (χ4n) is 3.02. The Bertz CT molecular complexity index is 1370. The van der Waals surface area contributed by atoms with E-state index in [-0.39, 0.29) is 24.0 Å². The quantitative estimate of drug-likeness (QED) is 0.267. The average Bonchev–Trinajstić information content (AvgIpc) is 3.40. The highest BCUT2D eigenvalue weighted by Gasteiger charge is 2.30. The van der Waals surface area contributed by atoms with Gasteiger partial charge in [0.1, 0.15) is 5.75 Å². The molecule has 4 rings (SSSR count). The zero-order valence-corrected chi connectivity index (χ0v) is 20.7. The molecule has 13 heteroatoms. The minimum absolute atomic E-state index is 0.0246. The van der Waals surface area contributed by atoms with E-state index in [9.17, 15) is 18.0 Å². The Morgan fingerprint density at radius 1 is 1.09 bits per heavy atom. The van der Waals surface area contributed by atoms with Gasteiger partial charge in [-0.1, -0.05) is 35.3 Å². The Kier molecular flexibility index (Phi) is 7.39. The largest absolute Gasteiger partial charge is 0.471 e. The maximum Gasteiger partial charge on any atom is 0.416 e. The van der Waals surface area contributed by atoms with Crippen molar-refractivity contribution >= 4 is 50.9 Å². The Morgan fingerprint density at radius 2 is 1.89 bits per heavy atom. The van der Waals surface area contributed by atoms with Crippen molar-refractivity contribution in [3.8, 4) is 5.75 Å². The van der Waals surface area contributed by atoms with Crippen molar-refractivity contribution < 1.29 is 22.7 Å². The van der Waals surface area contributed by atoms with Crippen molar-refractivity contribution in [2.24, 2.45) is 0 Å². The highest BCUT2D eigenvalue weighted by molar-refractivity contribution is 9.10. The minimum Gasteiger partial charge on any atom is -0.471 e. The third kappa shape index (κ3) is 6.36. The molecule has 0 spiro atoms. The number of aromatic nitrogens is 4. The van der Waals surface area contributed by atoms with Gasteiger partial charge in [-0.25, -0.2) is 4.68 Å². The van der Waals surface area contributed by atoms with Gasteiger partial charge in [-0.3, -0.25) is 9.48 Å². The molecule has 0 bridgehead atoms. The third-order valence-corrected chi connectivity index (χ3v) is 5.86. The van der Waals surface area contributed by atoms with Crippen LogP contribution in [-0.4, -0.2) is 25.5 Å². The van der Waals surface area contributed by atoms with Gasteiger partial charge in [-0.05, 0) is 57.9 Å². The van der Waals surface area contributed by atoms with E-state index in [2.05, 4.69) is 31.4 Å². The second-order valence-electron chi connectivity index (χ2n) is 7.25. The molecule has 35 heavy (non-hydrogen) atoms. The molecule has 7 nitrogen and oxygen atoms in total. The molecule has 0 aliphatic rings. The van der Waals surface area contributed by atoms with Gasteiger partial charge in [0.2, 0.25) is 0 Å². The zero-order chi connectivity index (χ0) is 25.2. The number of benzene rings is 2. The summed E-state index contributed by atoms with van der Waals surface area (Å²) in [6.07, 6.45) is -1.32. The Morgan fingerprint density at radius 3 is 2.63 bits per heavy atom. The van der Waals surface area contributed by atoms with E-state index < -0.39 is 17.6 Å². The molecule has 4 aromatic rings. The number of alkyl halides is 3. The predicted octanol–water partition coefficient (Wildman–Crippen LogP) is 6.50. The van der Waals surface area contributed by atoms with Crippen molar-refractivity contribution in [3.05, 3.63) is 92.3 Å². The van der Waals surface area contributed by atoms with Gasteiger partial charge in [-0.15, -0.1) is 0 Å². The molecule has 0 saturated carbocycles. The summed E-state index contributed by atoms with van der Waals surface area (Å²) < 4.78 is 47.3. The van der Waals surface area contributed by atoms with E-state index in [0.29, 0.717) is 21.1 Å². The van der Waals surface area contributed by atoms with Crippen LogP contribution >= 0.6 is 39.1 Å². The number of hydrogen-bond acceptors (Lipinski definition) is 4. The first-order valence-electron chi connectivity index (χ1n) is 9.90. The van der Waals surface area contributed by atoms with Gasteiger partial charge >= 0.3 is 6.18 Å². The number of carbonyl (C=O) groups excluding carboxylic acids is 1. The third-order valence-electron chi connectivity index (χ3n) is 4.69. The lowest BCUT2D eigenvalue weighted by Gasteiger charge is -2.10. The average molecular weight is 589 g/mol. The molecule has 2 heterocycles. The first-order chi connectivity index (χ1) is 16.6. The highest BCUT2D eigenvalue weighted by Crippen LogP contribution is 2.31. The van der Waals surface area contributed by atoms with Crippen LogP contribution in [0.2, 0.25) is 10.0 Å². The van der Waals surface area contributed by atoms with Crippen LogP contribution in [0.5, 0.6) is 5.75 Å². The molecule has 0 atom stereocenters. The SMILES string of the molecule is O=C(Nc1nn(Cc2ccc(Cl)cc2Cl)cc1Br)c1ccn(COc2cccc(C(F)(F)F)c2)n1. The van der Waals surface area contributed by atoms with Crippen molar-refractivity contribution in [1.82, 2.24) is 19.6 Å². The molecule has 1 N–H and O–H groups in total. The molecule has 0 aliphatic heterocycles. The maximum absolute atomic E-state index is 12.8. The molecule has 0 unspecified atom stereocenters. The van der Waals surface area contributed by atoms with Gasteiger partial charge in [0.15, 0.2) is 18.2 Å². The molecule has 0 saturated heterocycles. The molecule has 0 aliphatic carbocycles. The van der Waals surface area contributed by atoms with E-state index in [4.69, 9.17) is 27.9 Å². The summed E-state index contributed by atoms with van der Waals surface area (Å²) in [5.74, 6) is -0.232. The summed E-state index contributed by atoms with van der Waals surface area (Å²) in [5.41, 5.74) is 0.0437. The number of rotatable bonds is 7. The monoisotopic (exact) mass is 587 g/mol. The normalized spacial score (nSPS) is 11.5. The van der Waals surface area contributed by atoms with Crippen LogP contribution in [0.15, 0.2) is 65.4 Å². The van der Waals surface area contributed by atoms with E-state index in [1.54, 1.807) is 29.1 Å². The lowest BCUT2D eigenvalue weighted by atomic mass is 10.2. The molecular formula is C22H15BrCl2F3N5O2. The van der Waals surface area contributed by atoms with Crippen LogP contribution in [0.25, 0.3) is 0 Å². The summed E-state index contributed by atoms with van der Waals surface area (Å²) >= 11 is 15.5.